The molecule has 6 heteroatoms. The van der Waals surface area contributed by atoms with Crippen molar-refractivity contribution in [3.05, 3.63) is 74.6 Å². The Morgan fingerprint density at radius 3 is 2.26 bits per heavy atom. The first kappa shape index (κ1) is 16.2. The summed E-state index contributed by atoms with van der Waals surface area (Å²) in [5, 5.41) is 8.09. The first-order valence-electron chi connectivity index (χ1n) is 7.19. The number of hydrogen-bond donors (Lipinski definition) is 1. The minimum Gasteiger partial charge on any atom is -0.345 e. The average Bonchev–Trinajstić information content (AvgIpc) is 2.86. The highest BCUT2D eigenvalue weighted by atomic mass is 79.9. The number of aromatic nitrogens is 3. The number of benzene rings is 1. The molecule has 0 saturated heterocycles. The molecule has 0 aliphatic carbocycles. The molecule has 0 bridgehead atoms. The lowest BCUT2D eigenvalue weighted by molar-refractivity contribution is 0.556. The Hall–Kier alpha value is -1.66. The lowest BCUT2D eigenvalue weighted by atomic mass is 10.1. The van der Waals surface area contributed by atoms with Crippen molar-refractivity contribution < 1.29 is 0 Å². The predicted octanol–water partition coefficient (Wildman–Crippen LogP) is 5.08. The molecule has 0 radical (unpaired) electrons. The maximum absolute atomic E-state index is 4.63. The van der Waals surface area contributed by atoms with Crippen LogP contribution in [0.3, 0.4) is 0 Å². The van der Waals surface area contributed by atoms with Crippen LogP contribution in [0.25, 0.3) is 0 Å². The van der Waals surface area contributed by atoms with Gasteiger partial charge in [-0.3, -0.25) is 0 Å². The molecular formula is C17H16Br2N4. The molecule has 1 unspecified atom stereocenters. The van der Waals surface area contributed by atoms with Crippen molar-refractivity contribution in [1.82, 2.24) is 14.8 Å². The molecule has 0 amide bonds. The quantitative estimate of drug-likeness (QED) is 0.621. The minimum atomic E-state index is -0.120. The second-order valence-corrected chi connectivity index (χ2v) is 7.16. The van der Waals surface area contributed by atoms with Crippen LogP contribution in [-0.2, 0) is 0 Å². The summed E-state index contributed by atoms with van der Waals surface area (Å²) >= 11 is 6.90. The molecule has 1 N–H and O–H groups in total. The molecule has 23 heavy (non-hydrogen) atoms. The van der Waals surface area contributed by atoms with Gasteiger partial charge >= 0.3 is 0 Å². The number of anilines is 1. The van der Waals surface area contributed by atoms with E-state index in [1.807, 2.05) is 35.9 Å². The number of nitrogens with one attached hydrogen (secondary N) is 1. The van der Waals surface area contributed by atoms with Gasteiger partial charge in [0, 0.05) is 20.8 Å². The Bertz CT molecular complexity index is 794. The highest BCUT2D eigenvalue weighted by molar-refractivity contribution is 9.10. The third kappa shape index (κ3) is 3.82. The molecule has 3 aromatic rings. The molecule has 0 saturated carbocycles. The number of pyridine rings is 1. The Labute approximate surface area is 152 Å². The molecule has 1 atom stereocenters. The monoisotopic (exact) mass is 434 g/mol. The van der Waals surface area contributed by atoms with E-state index in [0.717, 1.165) is 31.7 Å². The van der Waals surface area contributed by atoms with Gasteiger partial charge in [-0.25, -0.2) is 9.67 Å². The molecule has 3 rings (SSSR count). The first-order chi connectivity index (χ1) is 11.0. The largest absolute Gasteiger partial charge is 0.345 e. The predicted molar refractivity (Wildman–Crippen MR) is 99.5 cm³/mol. The van der Waals surface area contributed by atoms with Gasteiger partial charge < -0.3 is 5.32 Å². The number of hydrogen-bond acceptors (Lipinski definition) is 3. The van der Waals surface area contributed by atoms with Crippen LogP contribution in [0.2, 0.25) is 0 Å². The molecule has 4 nitrogen and oxygen atoms in total. The second kappa shape index (κ2) is 6.84. The van der Waals surface area contributed by atoms with Gasteiger partial charge in [0.05, 0.1) is 5.69 Å². The Balaban J connectivity index is 2.00. The molecule has 0 fully saturated rings. The van der Waals surface area contributed by atoms with E-state index in [9.17, 15) is 0 Å². The van der Waals surface area contributed by atoms with Gasteiger partial charge in [0.2, 0.25) is 0 Å². The van der Waals surface area contributed by atoms with E-state index in [1.165, 1.54) is 0 Å². The fraction of sp³-hybridized carbons (Fsp3) is 0.176. The van der Waals surface area contributed by atoms with Crippen molar-refractivity contribution in [3.63, 3.8) is 0 Å². The summed E-state index contributed by atoms with van der Waals surface area (Å²) in [4.78, 5) is 4.41. The molecular weight excluding hydrogens is 420 g/mol. The van der Waals surface area contributed by atoms with E-state index in [0.29, 0.717) is 0 Å². The van der Waals surface area contributed by atoms with E-state index >= 15 is 0 Å². The zero-order valence-corrected chi connectivity index (χ0v) is 16.0. The fourth-order valence-corrected chi connectivity index (χ4v) is 2.94. The number of halogens is 2. The normalized spacial score (nSPS) is 12.2. The van der Waals surface area contributed by atoms with Crippen molar-refractivity contribution in [2.75, 3.05) is 5.32 Å². The zero-order valence-electron chi connectivity index (χ0n) is 12.8. The van der Waals surface area contributed by atoms with Crippen LogP contribution >= 0.6 is 31.9 Å². The topological polar surface area (TPSA) is 42.7 Å². The first-order valence-corrected chi connectivity index (χ1v) is 8.78. The van der Waals surface area contributed by atoms with Crippen LogP contribution in [0.4, 0.5) is 5.82 Å². The van der Waals surface area contributed by atoms with Crippen LogP contribution in [0.1, 0.15) is 23.1 Å². The molecule has 1 aromatic carbocycles. The summed E-state index contributed by atoms with van der Waals surface area (Å²) in [6.45, 7) is 4.06. The van der Waals surface area contributed by atoms with Gasteiger partial charge in [-0.05, 0) is 65.7 Å². The van der Waals surface area contributed by atoms with Gasteiger partial charge in [-0.2, -0.15) is 5.10 Å². The lowest BCUT2D eigenvalue weighted by Crippen LogP contribution is -2.22. The summed E-state index contributed by atoms with van der Waals surface area (Å²) in [5.41, 5.74) is 3.21. The highest BCUT2D eigenvalue weighted by Crippen LogP contribution is 2.24. The van der Waals surface area contributed by atoms with E-state index in [-0.39, 0.29) is 6.17 Å². The van der Waals surface area contributed by atoms with Crippen LogP contribution in [0.15, 0.2) is 57.6 Å². The van der Waals surface area contributed by atoms with Gasteiger partial charge in [0.1, 0.15) is 12.0 Å². The summed E-state index contributed by atoms with van der Waals surface area (Å²) < 4.78 is 3.99. The van der Waals surface area contributed by atoms with Crippen molar-refractivity contribution in [3.8, 4) is 0 Å². The maximum atomic E-state index is 4.63. The number of rotatable bonds is 4. The fourth-order valence-electron chi connectivity index (χ4n) is 2.44. The lowest BCUT2D eigenvalue weighted by Gasteiger charge is -2.22. The zero-order chi connectivity index (χ0) is 16.4. The van der Waals surface area contributed by atoms with Gasteiger partial charge in [-0.1, -0.05) is 28.1 Å². The maximum Gasteiger partial charge on any atom is 0.147 e. The van der Waals surface area contributed by atoms with Crippen LogP contribution < -0.4 is 5.32 Å². The van der Waals surface area contributed by atoms with Crippen LogP contribution in [0.5, 0.6) is 0 Å². The van der Waals surface area contributed by atoms with Crippen molar-refractivity contribution in [2.24, 2.45) is 0 Å². The third-order valence-corrected chi connectivity index (χ3v) is 4.48. The van der Waals surface area contributed by atoms with Crippen LogP contribution in [-0.4, -0.2) is 14.8 Å². The molecule has 0 aliphatic rings. The standard InChI is InChI=1S/C17H16Br2N4/c1-11-9-12(2)23(22-11)17(13-3-5-14(18)6-4-13)21-16-8-7-15(19)10-20-16/h3-10,17H,1-2H3,(H,20,21). The van der Waals surface area contributed by atoms with Crippen molar-refractivity contribution in [1.29, 1.82) is 0 Å². The molecule has 2 heterocycles. The number of nitrogens with zero attached hydrogens (tertiary/aromatic N) is 3. The Morgan fingerprint density at radius 1 is 1.00 bits per heavy atom. The van der Waals surface area contributed by atoms with Crippen molar-refractivity contribution in [2.45, 2.75) is 20.0 Å². The molecule has 118 valence electrons. The third-order valence-electron chi connectivity index (χ3n) is 3.49. The van der Waals surface area contributed by atoms with Gasteiger partial charge in [0.25, 0.3) is 0 Å². The summed E-state index contributed by atoms with van der Waals surface area (Å²) in [6.07, 6.45) is 1.66. The summed E-state index contributed by atoms with van der Waals surface area (Å²) in [6, 6.07) is 14.2. The summed E-state index contributed by atoms with van der Waals surface area (Å²) in [5.74, 6) is 0.800. The average molecular weight is 436 g/mol. The minimum absolute atomic E-state index is 0.120. The summed E-state index contributed by atoms with van der Waals surface area (Å²) in [7, 11) is 0. The molecule has 0 spiro atoms. The highest BCUT2D eigenvalue weighted by Gasteiger charge is 2.17. The van der Waals surface area contributed by atoms with E-state index in [1.54, 1.807) is 6.20 Å². The Morgan fingerprint density at radius 2 is 1.70 bits per heavy atom. The van der Waals surface area contributed by atoms with E-state index in [4.69, 9.17) is 0 Å². The number of aryl methyl sites for hydroxylation is 2. The van der Waals surface area contributed by atoms with Gasteiger partial charge in [-0.15, -0.1) is 0 Å². The van der Waals surface area contributed by atoms with E-state index in [2.05, 4.69) is 72.4 Å². The van der Waals surface area contributed by atoms with Crippen LogP contribution in [0, 0.1) is 13.8 Å². The second-order valence-electron chi connectivity index (χ2n) is 5.33. The van der Waals surface area contributed by atoms with E-state index < -0.39 is 0 Å². The SMILES string of the molecule is Cc1cc(C)n(C(Nc2ccc(Br)cn2)c2ccc(Br)cc2)n1. The smallest absolute Gasteiger partial charge is 0.147 e. The molecule has 2 aromatic heterocycles. The van der Waals surface area contributed by atoms with Crippen molar-refractivity contribution >= 4 is 37.7 Å². The van der Waals surface area contributed by atoms with Gasteiger partial charge in [0.15, 0.2) is 0 Å². The Kier molecular flexibility index (Phi) is 4.82. The molecule has 0 aliphatic heterocycles.